The number of rotatable bonds is 3. The van der Waals surface area contributed by atoms with Crippen LogP contribution in [0.1, 0.15) is 32.1 Å². The van der Waals surface area contributed by atoms with Crippen LogP contribution in [0.2, 0.25) is 0 Å². The number of fused-ring (bicyclic) bond motifs is 1. The predicted molar refractivity (Wildman–Crippen MR) is 83.3 cm³/mol. The molecule has 1 saturated heterocycles. The lowest BCUT2D eigenvalue weighted by atomic mass is 10.1. The SMILES string of the molecule is O=C(Nc1ccc2c(c1)OCO2)C1CC(=O)N(C2CCCC2)C1. The molecule has 2 aliphatic heterocycles. The molecular weight excluding hydrogens is 296 g/mol. The summed E-state index contributed by atoms with van der Waals surface area (Å²) < 4.78 is 10.6. The van der Waals surface area contributed by atoms with E-state index in [0.29, 0.717) is 36.2 Å². The second-order valence-electron chi connectivity index (χ2n) is 6.44. The molecular formula is C17H20N2O4. The average molecular weight is 316 g/mol. The van der Waals surface area contributed by atoms with Crippen molar-refractivity contribution in [3.8, 4) is 11.5 Å². The summed E-state index contributed by atoms with van der Waals surface area (Å²) >= 11 is 0. The zero-order chi connectivity index (χ0) is 15.8. The van der Waals surface area contributed by atoms with Gasteiger partial charge in [0.05, 0.1) is 5.92 Å². The molecule has 23 heavy (non-hydrogen) atoms. The molecule has 2 heterocycles. The third-order valence-electron chi connectivity index (χ3n) is 4.93. The highest BCUT2D eigenvalue weighted by Gasteiger charge is 2.38. The van der Waals surface area contributed by atoms with E-state index in [1.807, 2.05) is 4.90 Å². The molecule has 1 aliphatic carbocycles. The quantitative estimate of drug-likeness (QED) is 0.928. The average Bonchev–Trinajstić information content (AvgIpc) is 3.26. The molecule has 6 nitrogen and oxygen atoms in total. The standard InChI is InChI=1S/C17H20N2O4/c20-16-7-11(9-19(16)13-3-1-2-4-13)17(21)18-12-5-6-14-15(8-12)23-10-22-14/h5-6,8,11,13H,1-4,7,9-10H2,(H,18,21). The monoisotopic (exact) mass is 316 g/mol. The van der Waals surface area contributed by atoms with Gasteiger partial charge in [-0.1, -0.05) is 12.8 Å². The number of carbonyl (C=O) groups is 2. The van der Waals surface area contributed by atoms with Gasteiger partial charge in [0.2, 0.25) is 18.6 Å². The molecule has 4 rings (SSSR count). The second-order valence-corrected chi connectivity index (χ2v) is 6.44. The van der Waals surface area contributed by atoms with Crippen LogP contribution in [-0.2, 0) is 9.59 Å². The Morgan fingerprint density at radius 1 is 1.17 bits per heavy atom. The van der Waals surface area contributed by atoms with Gasteiger partial charge in [-0.05, 0) is 25.0 Å². The van der Waals surface area contributed by atoms with E-state index in [4.69, 9.17) is 9.47 Å². The molecule has 2 fully saturated rings. The minimum atomic E-state index is -0.270. The van der Waals surface area contributed by atoms with Crippen molar-refractivity contribution in [2.45, 2.75) is 38.1 Å². The van der Waals surface area contributed by atoms with Crippen LogP contribution in [-0.4, -0.2) is 36.1 Å². The number of hydrogen-bond donors (Lipinski definition) is 1. The number of nitrogens with one attached hydrogen (secondary N) is 1. The highest BCUT2D eigenvalue weighted by atomic mass is 16.7. The van der Waals surface area contributed by atoms with Crippen molar-refractivity contribution in [1.82, 2.24) is 4.90 Å². The topological polar surface area (TPSA) is 67.9 Å². The van der Waals surface area contributed by atoms with Crippen molar-refractivity contribution in [2.24, 2.45) is 5.92 Å². The fraction of sp³-hybridized carbons (Fsp3) is 0.529. The molecule has 2 amide bonds. The Balaban J connectivity index is 1.40. The molecule has 1 aromatic carbocycles. The summed E-state index contributed by atoms with van der Waals surface area (Å²) in [7, 11) is 0. The van der Waals surface area contributed by atoms with Crippen molar-refractivity contribution < 1.29 is 19.1 Å². The third kappa shape index (κ3) is 2.73. The summed E-state index contributed by atoms with van der Waals surface area (Å²) in [4.78, 5) is 26.6. The molecule has 1 atom stereocenters. The Kier molecular flexibility index (Phi) is 3.59. The Morgan fingerprint density at radius 3 is 2.78 bits per heavy atom. The van der Waals surface area contributed by atoms with Crippen LogP contribution in [0.3, 0.4) is 0 Å². The van der Waals surface area contributed by atoms with Gasteiger partial charge < -0.3 is 19.7 Å². The number of ether oxygens (including phenoxy) is 2. The Bertz CT molecular complexity index is 639. The van der Waals surface area contributed by atoms with E-state index >= 15 is 0 Å². The molecule has 1 unspecified atom stereocenters. The molecule has 0 spiro atoms. The summed E-state index contributed by atoms with van der Waals surface area (Å²) in [6.45, 7) is 0.750. The highest BCUT2D eigenvalue weighted by molar-refractivity contribution is 5.97. The molecule has 6 heteroatoms. The van der Waals surface area contributed by atoms with Crippen LogP contribution in [0, 0.1) is 5.92 Å². The minimum absolute atomic E-state index is 0.0993. The summed E-state index contributed by atoms with van der Waals surface area (Å²) in [5.74, 6) is 1.07. The molecule has 0 aromatic heterocycles. The normalized spacial score (nSPS) is 23.6. The van der Waals surface area contributed by atoms with Crippen LogP contribution in [0.25, 0.3) is 0 Å². The molecule has 3 aliphatic rings. The number of benzene rings is 1. The van der Waals surface area contributed by atoms with Gasteiger partial charge in [0, 0.05) is 30.8 Å². The zero-order valence-electron chi connectivity index (χ0n) is 12.9. The Hall–Kier alpha value is -2.24. The van der Waals surface area contributed by atoms with Crippen molar-refractivity contribution in [3.63, 3.8) is 0 Å². The van der Waals surface area contributed by atoms with E-state index in [1.54, 1.807) is 18.2 Å². The van der Waals surface area contributed by atoms with E-state index < -0.39 is 0 Å². The van der Waals surface area contributed by atoms with Crippen LogP contribution in [0.4, 0.5) is 5.69 Å². The molecule has 1 N–H and O–H groups in total. The fourth-order valence-corrected chi connectivity index (χ4v) is 3.69. The van der Waals surface area contributed by atoms with Gasteiger partial charge in [-0.15, -0.1) is 0 Å². The van der Waals surface area contributed by atoms with Crippen molar-refractivity contribution in [3.05, 3.63) is 18.2 Å². The summed E-state index contributed by atoms with van der Waals surface area (Å²) in [6.07, 6.45) is 4.82. The summed E-state index contributed by atoms with van der Waals surface area (Å²) in [5, 5.41) is 2.89. The Morgan fingerprint density at radius 2 is 1.96 bits per heavy atom. The van der Waals surface area contributed by atoms with Gasteiger partial charge in [-0.2, -0.15) is 0 Å². The molecule has 122 valence electrons. The summed E-state index contributed by atoms with van der Waals surface area (Å²) in [5.41, 5.74) is 0.672. The van der Waals surface area contributed by atoms with Crippen LogP contribution in [0.5, 0.6) is 11.5 Å². The van der Waals surface area contributed by atoms with Gasteiger partial charge in [-0.25, -0.2) is 0 Å². The van der Waals surface area contributed by atoms with E-state index in [0.717, 1.165) is 12.8 Å². The van der Waals surface area contributed by atoms with E-state index in [1.165, 1.54) is 12.8 Å². The number of amides is 2. The first-order chi connectivity index (χ1) is 11.2. The minimum Gasteiger partial charge on any atom is -0.454 e. The predicted octanol–water partition coefficient (Wildman–Crippen LogP) is 2.14. The number of hydrogen-bond acceptors (Lipinski definition) is 4. The number of likely N-dealkylation sites (tertiary alicyclic amines) is 1. The molecule has 0 bridgehead atoms. The van der Waals surface area contributed by atoms with Gasteiger partial charge in [-0.3, -0.25) is 9.59 Å². The maximum absolute atomic E-state index is 12.5. The van der Waals surface area contributed by atoms with E-state index in [-0.39, 0.29) is 24.5 Å². The lowest BCUT2D eigenvalue weighted by Gasteiger charge is -2.23. The van der Waals surface area contributed by atoms with Gasteiger partial charge >= 0.3 is 0 Å². The first-order valence-corrected chi connectivity index (χ1v) is 8.21. The van der Waals surface area contributed by atoms with E-state index in [2.05, 4.69) is 5.32 Å². The van der Waals surface area contributed by atoms with Crippen LogP contribution >= 0.6 is 0 Å². The van der Waals surface area contributed by atoms with Crippen LogP contribution < -0.4 is 14.8 Å². The number of nitrogens with zero attached hydrogens (tertiary/aromatic N) is 1. The molecule has 1 saturated carbocycles. The number of anilines is 1. The lowest BCUT2D eigenvalue weighted by molar-refractivity contribution is -0.129. The largest absolute Gasteiger partial charge is 0.454 e. The van der Waals surface area contributed by atoms with Crippen LogP contribution in [0.15, 0.2) is 18.2 Å². The first-order valence-electron chi connectivity index (χ1n) is 8.21. The first kappa shape index (κ1) is 14.4. The van der Waals surface area contributed by atoms with Gasteiger partial charge in [0.1, 0.15) is 0 Å². The van der Waals surface area contributed by atoms with Crippen molar-refractivity contribution in [1.29, 1.82) is 0 Å². The highest BCUT2D eigenvalue weighted by Crippen LogP contribution is 2.35. The maximum Gasteiger partial charge on any atom is 0.231 e. The molecule has 1 aromatic rings. The Labute approximate surface area is 134 Å². The van der Waals surface area contributed by atoms with Crippen molar-refractivity contribution in [2.75, 3.05) is 18.7 Å². The number of carbonyl (C=O) groups excluding carboxylic acids is 2. The van der Waals surface area contributed by atoms with Gasteiger partial charge in [0.25, 0.3) is 0 Å². The second kappa shape index (κ2) is 5.76. The molecule has 0 radical (unpaired) electrons. The van der Waals surface area contributed by atoms with E-state index in [9.17, 15) is 9.59 Å². The van der Waals surface area contributed by atoms with Gasteiger partial charge in [0.15, 0.2) is 11.5 Å². The fourth-order valence-electron chi connectivity index (χ4n) is 3.69. The third-order valence-corrected chi connectivity index (χ3v) is 4.93. The maximum atomic E-state index is 12.5. The van der Waals surface area contributed by atoms with Crippen molar-refractivity contribution >= 4 is 17.5 Å². The zero-order valence-corrected chi connectivity index (χ0v) is 12.9. The summed E-state index contributed by atoms with van der Waals surface area (Å²) in [6, 6.07) is 5.66. The smallest absolute Gasteiger partial charge is 0.231 e. The lowest BCUT2D eigenvalue weighted by Crippen LogP contribution is -2.35.